The number of carboxylic acids is 1. The van der Waals surface area contributed by atoms with Gasteiger partial charge in [-0.3, -0.25) is 9.69 Å². The van der Waals surface area contributed by atoms with Crippen LogP contribution < -0.4 is 0 Å². The molecule has 1 unspecified atom stereocenters. The Morgan fingerprint density at radius 2 is 2.37 bits per heavy atom. The van der Waals surface area contributed by atoms with Crippen molar-refractivity contribution in [1.29, 1.82) is 0 Å². The minimum absolute atomic E-state index is 0.0177. The van der Waals surface area contributed by atoms with Gasteiger partial charge in [0.05, 0.1) is 6.42 Å². The van der Waals surface area contributed by atoms with Crippen LogP contribution in [0.25, 0.3) is 11.0 Å². The summed E-state index contributed by atoms with van der Waals surface area (Å²) in [5.74, 6) is -0.758. The fraction of sp³-hybridized carbons (Fsp3) is 0.429. The Hall–Kier alpha value is -1.88. The van der Waals surface area contributed by atoms with Gasteiger partial charge >= 0.3 is 5.97 Å². The molecule has 19 heavy (non-hydrogen) atoms. The number of aliphatic carboxylic acids is 1. The first kappa shape index (κ1) is 13.5. The van der Waals surface area contributed by atoms with Crippen LogP contribution in [0.3, 0.4) is 0 Å². The van der Waals surface area contributed by atoms with Crippen LogP contribution in [0, 0.1) is 0 Å². The van der Waals surface area contributed by atoms with Gasteiger partial charge in [0.15, 0.2) is 0 Å². The number of fused-ring (bicyclic) bond motifs is 1. The van der Waals surface area contributed by atoms with Crippen LogP contribution in [0.1, 0.15) is 25.8 Å². The molecule has 0 fully saturated rings. The topological polar surface area (TPSA) is 69.2 Å². The highest BCUT2D eigenvalue weighted by molar-refractivity contribution is 5.79. The third-order valence-electron chi connectivity index (χ3n) is 3.41. The summed E-state index contributed by atoms with van der Waals surface area (Å²) >= 11 is 0. The zero-order valence-corrected chi connectivity index (χ0v) is 11.3. The zero-order chi connectivity index (χ0) is 13.8. The maximum atomic E-state index is 10.8. The van der Waals surface area contributed by atoms with E-state index in [9.17, 15) is 4.79 Å². The highest BCUT2D eigenvalue weighted by Crippen LogP contribution is 2.19. The Labute approximate surface area is 112 Å². The quantitative estimate of drug-likeness (QED) is 0.836. The molecule has 0 amide bonds. The lowest BCUT2D eigenvalue weighted by Gasteiger charge is -2.26. The molecule has 0 aliphatic carbocycles. The van der Waals surface area contributed by atoms with E-state index >= 15 is 0 Å². The lowest BCUT2D eigenvalue weighted by Crippen LogP contribution is -2.34. The number of nitrogens with one attached hydrogen (secondary N) is 1. The van der Waals surface area contributed by atoms with Crippen molar-refractivity contribution in [2.24, 2.45) is 0 Å². The Morgan fingerprint density at radius 1 is 1.58 bits per heavy atom. The standard InChI is InChI=1S/C14H19N3O2/c1-3-17(10(2)7-13(18)19)9-11-8-16-14-12(11)5-4-6-15-14/h4-6,8,10H,3,7,9H2,1-2H3,(H,15,16)(H,18,19). The number of hydrogen-bond acceptors (Lipinski definition) is 3. The molecule has 2 rings (SSSR count). The first-order valence-corrected chi connectivity index (χ1v) is 6.48. The van der Waals surface area contributed by atoms with Gasteiger partial charge in [0, 0.05) is 30.4 Å². The van der Waals surface area contributed by atoms with Crippen LogP contribution in [-0.4, -0.2) is 38.5 Å². The average Bonchev–Trinajstić information content (AvgIpc) is 2.78. The molecule has 0 aliphatic rings. The predicted molar refractivity (Wildman–Crippen MR) is 73.9 cm³/mol. The number of H-pyrrole nitrogens is 1. The maximum Gasteiger partial charge on any atom is 0.304 e. The van der Waals surface area contributed by atoms with Gasteiger partial charge in [-0.25, -0.2) is 4.98 Å². The van der Waals surface area contributed by atoms with Crippen molar-refractivity contribution in [3.63, 3.8) is 0 Å². The van der Waals surface area contributed by atoms with Crippen molar-refractivity contribution >= 4 is 17.0 Å². The normalized spacial score (nSPS) is 13.0. The molecular formula is C14H19N3O2. The fourth-order valence-corrected chi connectivity index (χ4v) is 2.32. The highest BCUT2D eigenvalue weighted by Gasteiger charge is 2.17. The third-order valence-corrected chi connectivity index (χ3v) is 3.41. The van der Waals surface area contributed by atoms with E-state index in [1.807, 2.05) is 32.2 Å². The molecule has 2 N–H and O–H groups in total. The number of aromatic amines is 1. The zero-order valence-electron chi connectivity index (χ0n) is 11.3. The second-order valence-corrected chi connectivity index (χ2v) is 4.72. The Kier molecular flexibility index (Phi) is 4.16. The van der Waals surface area contributed by atoms with E-state index in [0.29, 0.717) is 0 Å². The molecule has 0 bridgehead atoms. The number of aromatic nitrogens is 2. The van der Waals surface area contributed by atoms with Crippen LogP contribution in [0.4, 0.5) is 0 Å². The third kappa shape index (κ3) is 3.12. The summed E-state index contributed by atoms with van der Waals surface area (Å²) in [4.78, 5) is 20.4. The number of nitrogens with zero attached hydrogens (tertiary/aromatic N) is 2. The molecule has 102 valence electrons. The van der Waals surface area contributed by atoms with Crippen LogP contribution in [-0.2, 0) is 11.3 Å². The molecule has 2 aromatic rings. The predicted octanol–water partition coefficient (Wildman–Crippen LogP) is 2.25. The van der Waals surface area contributed by atoms with E-state index in [-0.39, 0.29) is 12.5 Å². The molecule has 1 atom stereocenters. The largest absolute Gasteiger partial charge is 0.481 e. The Bertz CT molecular complexity index is 565. The van der Waals surface area contributed by atoms with Crippen LogP contribution in [0.2, 0.25) is 0 Å². The number of hydrogen-bond donors (Lipinski definition) is 2. The summed E-state index contributed by atoms with van der Waals surface area (Å²) in [6.45, 7) is 5.55. The van der Waals surface area contributed by atoms with Crippen molar-refractivity contribution in [3.05, 3.63) is 30.1 Å². The molecule has 5 heteroatoms. The number of rotatable bonds is 6. The van der Waals surface area contributed by atoms with Crippen LogP contribution in [0.5, 0.6) is 0 Å². The van der Waals surface area contributed by atoms with Crippen LogP contribution >= 0.6 is 0 Å². The van der Waals surface area contributed by atoms with E-state index in [2.05, 4.69) is 14.9 Å². The molecule has 0 saturated carbocycles. The van der Waals surface area contributed by atoms with Gasteiger partial charge in [-0.2, -0.15) is 0 Å². The monoisotopic (exact) mass is 261 g/mol. The molecule has 2 heterocycles. The molecule has 2 aromatic heterocycles. The van der Waals surface area contributed by atoms with Gasteiger partial charge in [-0.1, -0.05) is 6.92 Å². The lowest BCUT2D eigenvalue weighted by molar-refractivity contribution is -0.138. The molecule has 0 aromatic carbocycles. The minimum atomic E-state index is -0.758. The van der Waals surface area contributed by atoms with E-state index in [1.54, 1.807) is 6.20 Å². The first-order chi connectivity index (χ1) is 9.11. The number of carboxylic acid groups (broad SMARTS) is 1. The van der Waals surface area contributed by atoms with E-state index in [1.165, 1.54) is 0 Å². The summed E-state index contributed by atoms with van der Waals surface area (Å²) in [6.07, 6.45) is 3.87. The van der Waals surface area contributed by atoms with Crippen molar-refractivity contribution in [2.75, 3.05) is 6.54 Å². The SMILES string of the molecule is CCN(Cc1c[nH]c2ncccc12)C(C)CC(=O)O. The van der Waals surface area contributed by atoms with Gasteiger partial charge in [0.1, 0.15) is 5.65 Å². The molecule has 0 radical (unpaired) electrons. The smallest absolute Gasteiger partial charge is 0.304 e. The van der Waals surface area contributed by atoms with Gasteiger partial charge in [0.25, 0.3) is 0 Å². The molecule has 0 aliphatic heterocycles. The summed E-state index contributed by atoms with van der Waals surface area (Å²) in [6, 6.07) is 3.96. The van der Waals surface area contributed by atoms with Crippen molar-refractivity contribution in [3.8, 4) is 0 Å². The van der Waals surface area contributed by atoms with Gasteiger partial charge in [-0.05, 0) is 31.2 Å². The van der Waals surface area contributed by atoms with Crippen LogP contribution in [0.15, 0.2) is 24.5 Å². The summed E-state index contributed by atoms with van der Waals surface area (Å²) in [7, 11) is 0. The first-order valence-electron chi connectivity index (χ1n) is 6.48. The van der Waals surface area contributed by atoms with E-state index < -0.39 is 5.97 Å². The number of pyridine rings is 1. The Morgan fingerprint density at radius 3 is 3.05 bits per heavy atom. The van der Waals surface area contributed by atoms with Gasteiger partial charge in [-0.15, -0.1) is 0 Å². The molecule has 5 nitrogen and oxygen atoms in total. The second kappa shape index (κ2) is 5.84. The lowest BCUT2D eigenvalue weighted by atomic mass is 10.1. The van der Waals surface area contributed by atoms with E-state index in [0.717, 1.165) is 29.7 Å². The average molecular weight is 261 g/mol. The summed E-state index contributed by atoms with van der Waals surface area (Å²) in [5.41, 5.74) is 2.03. The van der Waals surface area contributed by atoms with Crippen molar-refractivity contribution in [1.82, 2.24) is 14.9 Å². The molecular weight excluding hydrogens is 242 g/mol. The summed E-state index contributed by atoms with van der Waals surface area (Å²) < 4.78 is 0. The fourth-order valence-electron chi connectivity index (χ4n) is 2.32. The highest BCUT2D eigenvalue weighted by atomic mass is 16.4. The van der Waals surface area contributed by atoms with E-state index in [4.69, 9.17) is 5.11 Å². The minimum Gasteiger partial charge on any atom is -0.481 e. The van der Waals surface area contributed by atoms with Gasteiger partial charge in [0.2, 0.25) is 0 Å². The van der Waals surface area contributed by atoms with Crippen molar-refractivity contribution < 1.29 is 9.90 Å². The van der Waals surface area contributed by atoms with Gasteiger partial charge < -0.3 is 10.1 Å². The van der Waals surface area contributed by atoms with Crippen molar-refractivity contribution in [2.45, 2.75) is 32.9 Å². The number of carbonyl (C=O) groups is 1. The summed E-state index contributed by atoms with van der Waals surface area (Å²) in [5, 5.41) is 9.98. The second-order valence-electron chi connectivity index (χ2n) is 4.72. The molecule has 0 spiro atoms. The maximum absolute atomic E-state index is 10.8. The Balaban J connectivity index is 2.16. The molecule has 0 saturated heterocycles.